The number of aromatic nitrogens is 3. The fourth-order valence-electron chi connectivity index (χ4n) is 3.05. The highest BCUT2D eigenvalue weighted by Gasteiger charge is 2.23. The van der Waals surface area contributed by atoms with Crippen molar-refractivity contribution in [3.63, 3.8) is 0 Å². The molecular weight excluding hydrogens is 280 g/mol. The zero-order valence-electron chi connectivity index (χ0n) is 12.7. The van der Waals surface area contributed by atoms with Gasteiger partial charge in [-0.05, 0) is 37.0 Å². The third kappa shape index (κ3) is 2.68. The average molecular weight is 300 g/mol. The Morgan fingerprint density at radius 1 is 1.41 bits per heavy atom. The number of carboxylic acid groups (broad SMARTS) is 1. The highest BCUT2D eigenvalue weighted by Crippen LogP contribution is 2.30. The number of fused-ring (bicyclic) bond motifs is 1. The van der Waals surface area contributed by atoms with E-state index in [2.05, 4.69) is 21.9 Å². The monoisotopic (exact) mass is 300 g/mol. The van der Waals surface area contributed by atoms with Crippen LogP contribution in [0.4, 0.5) is 5.69 Å². The van der Waals surface area contributed by atoms with Crippen LogP contribution in [0, 0.1) is 0 Å². The normalized spacial score (nSPS) is 14.0. The van der Waals surface area contributed by atoms with Crippen LogP contribution >= 0.6 is 0 Å². The van der Waals surface area contributed by atoms with Gasteiger partial charge in [-0.3, -0.25) is 0 Å². The van der Waals surface area contributed by atoms with Gasteiger partial charge in [0.25, 0.3) is 0 Å². The van der Waals surface area contributed by atoms with Crippen LogP contribution in [0.1, 0.15) is 41.5 Å². The molecule has 1 aliphatic rings. The van der Waals surface area contributed by atoms with E-state index in [9.17, 15) is 9.90 Å². The van der Waals surface area contributed by atoms with E-state index in [1.165, 1.54) is 0 Å². The molecule has 116 valence electrons. The maximum atomic E-state index is 11.4. The summed E-state index contributed by atoms with van der Waals surface area (Å²) in [7, 11) is 0. The third-order valence-corrected chi connectivity index (χ3v) is 4.04. The van der Waals surface area contributed by atoms with Crippen LogP contribution in [0.3, 0.4) is 0 Å². The lowest BCUT2D eigenvalue weighted by Gasteiger charge is -2.31. The Morgan fingerprint density at radius 3 is 3.05 bits per heavy atom. The van der Waals surface area contributed by atoms with Crippen molar-refractivity contribution in [3.05, 3.63) is 41.5 Å². The molecular formula is C16H20N4O2. The first-order chi connectivity index (χ1) is 10.7. The minimum atomic E-state index is -0.854. The predicted molar refractivity (Wildman–Crippen MR) is 83.1 cm³/mol. The van der Waals surface area contributed by atoms with Crippen molar-refractivity contribution in [2.45, 2.75) is 39.3 Å². The van der Waals surface area contributed by atoms with Crippen LogP contribution in [-0.2, 0) is 19.5 Å². The molecule has 0 saturated heterocycles. The van der Waals surface area contributed by atoms with Gasteiger partial charge in [-0.2, -0.15) is 5.10 Å². The van der Waals surface area contributed by atoms with Crippen LogP contribution in [0.2, 0.25) is 0 Å². The van der Waals surface area contributed by atoms with Gasteiger partial charge < -0.3 is 10.0 Å². The van der Waals surface area contributed by atoms with Gasteiger partial charge in [0.2, 0.25) is 0 Å². The smallest absolute Gasteiger partial charge is 0.336 e. The van der Waals surface area contributed by atoms with Crippen molar-refractivity contribution in [1.29, 1.82) is 0 Å². The molecule has 0 amide bonds. The van der Waals surface area contributed by atoms with Gasteiger partial charge in [-0.15, -0.1) is 0 Å². The number of hydrogen-bond acceptors (Lipinski definition) is 4. The number of aromatic carboxylic acids is 1. The first-order valence-electron chi connectivity index (χ1n) is 7.67. The fraction of sp³-hybridized carbons (Fsp3) is 0.438. The minimum Gasteiger partial charge on any atom is -0.478 e. The molecule has 2 aromatic rings. The molecule has 1 N–H and O–H groups in total. The fourth-order valence-corrected chi connectivity index (χ4v) is 3.05. The van der Waals surface area contributed by atoms with Gasteiger partial charge in [0.1, 0.15) is 12.2 Å². The molecule has 6 heteroatoms. The molecule has 0 saturated carbocycles. The zero-order chi connectivity index (χ0) is 15.5. The molecule has 1 aromatic heterocycles. The number of carboxylic acids is 1. The number of hydrogen-bond donors (Lipinski definition) is 1. The molecule has 0 fully saturated rings. The summed E-state index contributed by atoms with van der Waals surface area (Å²) in [4.78, 5) is 18.0. The maximum absolute atomic E-state index is 11.4. The van der Waals surface area contributed by atoms with Gasteiger partial charge in [-0.1, -0.05) is 13.0 Å². The van der Waals surface area contributed by atoms with E-state index in [0.29, 0.717) is 12.1 Å². The maximum Gasteiger partial charge on any atom is 0.336 e. The van der Waals surface area contributed by atoms with E-state index in [0.717, 1.165) is 49.4 Å². The van der Waals surface area contributed by atoms with E-state index in [4.69, 9.17) is 0 Å². The number of anilines is 1. The van der Waals surface area contributed by atoms with Crippen LogP contribution < -0.4 is 4.90 Å². The van der Waals surface area contributed by atoms with Crippen LogP contribution in [0.25, 0.3) is 0 Å². The van der Waals surface area contributed by atoms with E-state index in [-0.39, 0.29) is 0 Å². The first-order valence-corrected chi connectivity index (χ1v) is 7.67. The minimum absolute atomic E-state index is 0.414. The summed E-state index contributed by atoms with van der Waals surface area (Å²) in [5.41, 5.74) is 2.36. The predicted octanol–water partition coefficient (Wildman–Crippen LogP) is 2.34. The van der Waals surface area contributed by atoms with E-state index >= 15 is 0 Å². The average Bonchev–Trinajstić information content (AvgIpc) is 2.94. The lowest BCUT2D eigenvalue weighted by atomic mass is 9.96. The standard InChI is InChI=1S/C16H20N4O2/c1-2-8-20-15(17-11-18-20)10-19-9-4-6-12-13(16(21)22)5-3-7-14(12)19/h3,5,7,11H,2,4,6,8-10H2,1H3,(H,21,22). The van der Waals surface area contributed by atoms with Crippen LogP contribution in [-0.4, -0.2) is 32.4 Å². The summed E-state index contributed by atoms with van der Waals surface area (Å²) >= 11 is 0. The van der Waals surface area contributed by atoms with Gasteiger partial charge in [-0.25, -0.2) is 14.5 Å². The molecule has 2 heterocycles. The van der Waals surface area contributed by atoms with Gasteiger partial charge in [0, 0.05) is 18.8 Å². The van der Waals surface area contributed by atoms with Crippen molar-refractivity contribution >= 4 is 11.7 Å². The van der Waals surface area contributed by atoms with E-state index in [1.54, 1.807) is 12.4 Å². The Labute approximate surface area is 129 Å². The lowest BCUT2D eigenvalue weighted by molar-refractivity contribution is 0.0695. The van der Waals surface area contributed by atoms with Crippen molar-refractivity contribution in [2.24, 2.45) is 0 Å². The Morgan fingerprint density at radius 2 is 2.27 bits per heavy atom. The largest absolute Gasteiger partial charge is 0.478 e. The SMILES string of the molecule is CCCn1ncnc1CN1CCCc2c(C(=O)O)cccc21. The second-order valence-electron chi connectivity index (χ2n) is 5.53. The molecule has 0 radical (unpaired) electrons. The lowest BCUT2D eigenvalue weighted by Crippen LogP contribution is -2.31. The Hall–Kier alpha value is -2.37. The van der Waals surface area contributed by atoms with Gasteiger partial charge in [0.15, 0.2) is 0 Å². The van der Waals surface area contributed by atoms with Crippen molar-refractivity contribution in [1.82, 2.24) is 14.8 Å². The van der Waals surface area contributed by atoms with Crippen molar-refractivity contribution in [3.8, 4) is 0 Å². The van der Waals surface area contributed by atoms with E-state index < -0.39 is 5.97 Å². The van der Waals surface area contributed by atoms with E-state index in [1.807, 2.05) is 16.8 Å². The number of aryl methyl sites for hydroxylation is 1. The molecule has 0 unspecified atom stereocenters. The number of nitrogens with zero attached hydrogens (tertiary/aromatic N) is 4. The molecule has 3 rings (SSSR count). The topological polar surface area (TPSA) is 71.2 Å². The second kappa shape index (κ2) is 6.17. The molecule has 1 aromatic carbocycles. The van der Waals surface area contributed by atoms with Crippen LogP contribution in [0.15, 0.2) is 24.5 Å². The summed E-state index contributed by atoms with van der Waals surface area (Å²) < 4.78 is 1.93. The molecule has 1 aliphatic heterocycles. The second-order valence-corrected chi connectivity index (χ2v) is 5.53. The van der Waals surface area contributed by atoms with Gasteiger partial charge >= 0.3 is 5.97 Å². The Balaban J connectivity index is 1.90. The summed E-state index contributed by atoms with van der Waals surface area (Å²) in [5.74, 6) is 0.0725. The summed E-state index contributed by atoms with van der Waals surface area (Å²) in [6.45, 7) is 4.54. The molecule has 0 atom stereocenters. The van der Waals surface area contributed by atoms with Gasteiger partial charge in [0.05, 0.1) is 12.1 Å². The molecule has 6 nitrogen and oxygen atoms in total. The first kappa shape index (κ1) is 14.6. The molecule has 0 aliphatic carbocycles. The van der Waals surface area contributed by atoms with Crippen molar-refractivity contribution < 1.29 is 9.90 Å². The number of carbonyl (C=O) groups is 1. The highest BCUT2D eigenvalue weighted by molar-refractivity contribution is 5.91. The van der Waals surface area contributed by atoms with Crippen LogP contribution in [0.5, 0.6) is 0 Å². The molecule has 0 bridgehead atoms. The zero-order valence-corrected chi connectivity index (χ0v) is 12.7. The summed E-state index contributed by atoms with van der Waals surface area (Å²) in [6, 6.07) is 5.50. The molecule has 22 heavy (non-hydrogen) atoms. The quantitative estimate of drug-likeness (QED) is 0.917. The summed E-state index contributed by atoms with van der Waals surface area (Å²) in [5, 5.41) is 13.6. The number of rotatable bonds is 5. The molecule has 0 spiro atoms. The third-order valence-electron chi connectivity index (χ3n) is 4.04. The number of benzene rings is 1. The Kier molecular flexibility index (Phi) is 4.09. The Bertz CT molecular complexity index is 681. The summed E-state index contributed by atoms with van der Waals surface area (Å²) in [6.07, 6.45) is 4.37. The van der Waals surface area contributed by atoms with Crippen molar-refractivity contribution in [2.75, 3.05) is 11.4 Å². The highest BCUT2D eigenvalue weighted by atomic mass is 16.4.